The summed E-state index contributed by atoms with van der Waals surface area (Å²) in [6, 6.07) is -3.76. The molecular formula is C46H72N8O12. The fraction of sp³-hybridized carbons (Fsp3) is 0.674. The number of hydrogen-bond donors (Lipinski definition) is 8. The normalized spacial score (nSPS) is 26.4. The molecule has 2 fully saturated rings. The van der Waals surface area contributed by atoms with Crippen molar-refractivity contribution in [2.75, 3.05) is 7.05 Å². The van der Waals surface area contributed by atoms with Crippen LogP contribution in [0.25, 0.3) is 0 Å². The molecule has 368 valence electrons. The van der Waals surface area contributed by atoms with Crippen LogP contribution in [0.3, 0.4) is 0 Å². The molecule has 2 aliphatic heterocycles. The summed E-state index contributed by atoms with van der Waals surface area (Å²) in [7, 11) is 1.40. The van der Waals surface area contributed by atoms with Crippen molar-refractivity contribution in [3.05, 3.63) is 29.8 Å². The number of rotatable bonds is 15. The van der Waals surface area contributed by atoms with Crippen molar-refractivity contribution in [2.45, 2.75) is 168 Å². The molecule has 0 bridgehead atoms. The SMILES string of the molecule is CC[C@H](C)[C@@H]1NC(=O)[C@H](Cc2ccc(O)cc2)N(C)C(=O)[C@H]([C@@H](C)CC)NC(=O)[C@@H]2CCC(O)N2C(=O)[C@H](CC(C)C)NC(=O)[C@@H](NC(=O)[C@H](CCC(N)=O)NC(=O)C(C)C)[C@@H](C)OC1=O. The summed E-state index contributed by atoms with van der Waals surface area (Å²) in [5.74, 6) is -9.24. The van der Waals surface area contributed by atoms with Gasteiger partial charge in [0.25, 0.3) is 0 Å². The van der Waals surface area contributed by atoms with Crippen molar-refractivity contribution >= 4 is 53.2 Å². The van der Waals surface area contributed by atoms with E-state index in [4.69, 9.17) is 10.5 Å². The maximum atomic E-state index is 14.6. The monoisotopic (exact) mass is 929 g/mol. The van der Waals surface area contributed by atoms with Crippen molar-refractivity contribution in [3.63, 3.8) is 0 Å². The molecule has 1 aromatic carbocycles. The number of benzene rings is 1. The minimum Gasteiger partial charge on any atom is -0.508 e. The first-order chi connectivity index (χ1) is 30.9. The Labute approximate surface area is 387 Å². The summed E-state index contributed by atoms with van der Waals surface area (Å²) in [5.41, 5.74) is 5.92. The van der Waals surface area contributed by atoms with Gasteiger partial charge in [-0.15, -0.1) is 0 Å². The maximum Gasteiger partial charge on any atom is 0.329 e. The quantitative estimate of drug-likeness (QED) is 0.112. The van der Waals surface area contributed by atoms with E-state index < -0.39 is 126 Å². The Kier molecular flexibility index (Phi) is 20.4. The lowest BCUT2D eigenvalue weighted by Gasteiger charge is -2.35. The van der Waals surface area contributed by atoms with Gasteiger partial charge in [0.2, 0.25) is 47.3 Å². The molecule has 2 heterocycles. The largest absolute Gasteiger partial charge is 0.508 e. The molecule has 1 unspecified atom stereocenters. The van der Waals surface area contributed by atoms with E-state index in [-0.39, 0.29) is 50.2 Å². The second-order valence-electron chi connectivity index (χ2n) is 18.4. The molecule has 0 radical (unpaired) electrons. The zero-order chi connectivity index (χ0) is 49.7. The number of primary amides is 1. The highest BCUT2D eigenvalue weighted by atomic mass is 16.5. The fourth-order valence-electron chi connectivity index (χ4n) is 7.84. The minimum absolute atomic E-state index is 0.00167. The van der Waals surface area contributed by atoms with E-state index in [2.05, 4.69) is 26.6 Å². The lowest BCUT2D eigenvalue weighted by Crippen LogP contribution is -2.62. The number of amides is 8. The third-order valence-electron chi connectivity index (χ3n) is 12.4. The Bertz CT molecular complexity index is 1910. The number of carbonyl (C=O) groups is 9. The predicted octanol–water partition coefficient (Wildman–Crippen LogP) is 0.500. The fourth-order valence-corrected chi connectivity index (χ4v) is 7.84. The molecule has 8 amide bonds. The molecule has 0 aliphatic carbocycles. The molecule has 66 heavy (non-hydrogen) atoms. The number of carbonyl (C=O) groups excluding carboxylic acids is 9. The first-order valence-electron chi connectivity index (χ1n) is 23.0. The number of likely N-dealkylation sites (N-methyl/N-ethyl adjacent to an activating group) is 1. The first-order valence-corrected chi connectivity index (χ1v) is 23.0. The Balaban J connectivity index is 2.27. The maximum absolute atomic E-state index is 14.6. The third-order valence-corrected chi connectivity index (χ3v) is 12.4. The minimum atomic E-state index is -1.77. The van der Waals surface area contributed by atoms with Gasteiger partial charge >= 0.3 is 5.97 Å². The van der Waals surface area contributed by atoms with Crippen LogP contribution in [0.4, 0.5) is 0 Å². The number of esters is 1. The molecule has 2 saturated heterocycles. The van der Waals surface area contributed by atoms with Gasteiger partial charge in [-0.3, -0.25) is 38.4 Å². The third kappa shape index (κ3) is 14.6. The number of ether oxygens (including phenoxy) is 1. The zero-order valence-corrected chi connectivity index (χ0v) is 39.9. The van der Waals surface area contributed by atoms with Gasteiger partial charge in [-0.05, 0) is 68.1 Å². The van der Waals surface area contributed by atoms with Gasteiger partial charge < -0.3 is 57.1 Å². The lowest BCUT2D eigenvalue weighted by atomic mass is 9.95. The first kappa shape index (κ1) is 54.5. The van der Waals surface area contributed by atoms with E-state index in [9.17, 15) is 53.4 Å². The van der Waals surface area contributed by atoms with Crippen LogP contribution in [0.5, 0.6) is 5.75 Å². The number of aliphatic hydroxyl groups excluding tert-OH is 1. The summed E-state index contributed by atoms with van der Waals surface area (Å²) in [5, 5.41) is 34.6. The number of fused-ring (bicyclic) bond motifs is 1. The number of phenols is 1. The Morgan fingerprint density at radius 1 is 0.833 bits per heavy atom. The van der Waals surface area contributed by atoms with Crippen LogP contribution in [-0.4, -0.2) is 135 Å². The Hall–Kier alpha value is -5.79. The molecule has 11 atom stereocenters. The van der Waals surface area contributed by atoms with Crippen molar-refractivity contribution in [2.24, 2.45) is 29.4 Å². The van der Waals surface area contributed by atoms with Crippen LogP contribution in [0.15, 0.2) is 24.3 Å². The van der Waals surface area contributed by atoms with Crippen LogP contribution in [0.2, 0.25) is 0 Å². The number of aromatic hydroxyl groups is 1. The number of nitrogens with zero attached hydrogens (tertiary/aromatic N) is 2. The average molecular weight is 929 g/mol. The van der Waals surface area contributed by atoms with Crippen LogP contribution in [0, 0.1) is 23.7 Å². The van der Waals surface area contributed by atoms with Crippen LogP contribution < -0.4 is 32.3 Å². The molecule has 0 saturated carbocycles. The smallest absolute Gasteiger partial charge is 0.329 e. The molecule has 0 aromatic heterocycles. The van der Waals surface area contributed by atoms with E-state index in [1.807, 2.05) is 6.92 Å². The second kappa shape index (κ2) is 24.7. The van der Waals surface area contributed by atoms with E-state index in [1.54, 1.807) is 60.6 Å². The highest BCUT2D eigenvalue weighted by Crippen LogP contribution is 2.27. The highest BCUT2D eigenvalue weighted by Gasteiger charge is 2.46. The number of nitrogens with one attached hydrogen (secondary N) is 5. The number of cyclic esters (lactones) is 1. The molecule has 20 nitrogen and oxygen atoms in total. The van der Waals surface area contributed by atoms with Gasteiger partial charge in [-0.25, -0.2) is 4.79 Å². The van der Waals surface area contributed by atoms with Gasteiger partial charge in [0, 0.05) is 25.8 Å². The van der Waals surface area contributed by atoms with Crippen LogP contribution in [-0.2, 0) is 54.3 Å². The summed E-state index contributed by atoms with van der Waals surface area (Å²) >= 11 is 0. The topological polar surface area (TPSA) is 296 Å². The van der Waals surface area contributed by atoms with Gasteiger partial charge in [-0.1, -0.05) is 80.4 Å². The summed E-state index contributed by atoms with van der Waals surface area (Å²) in [6.45, 7) is 15.0. The van der Waals surface area contributed by atoms with Crippen LogP contribution in [0.1, 0.15) is 113 Å². The molecule has 3 rings (SSSR count). The second-order valence-corrected chi connectivity index (χ2v) is 18.4. The number of aliphatic hydroxyl groups is 1. The van der Waals surface area contributed by atoms with Crippen molar-refractivity contribution in [3.8, 4) is 5.75 Å². The van der Waals surface area contributed by atoms with E-state index >= 15 is 0 Å². The highest BCUT2D eigenvalue weighted by molar-refractivity contribution is 5.98. The van der Waals surface area contributed by atoms with E-state index in [0.717, 1.165) is 4.90 Å². The molecule has 0 spiro atoms. The van der Waals surface area contributed by atoms with E-state index in [0.29, 0.717) is 18.4 Å². The van der Waals surface area contributed by atoms with Gasteiger partial charge in [0.05, 0.1) is 0 Å². The predicted molar refractivity (Wildman–Crippen MR) is 241 cm³/mol. The summed E-state index contributed by atoms with van der Waals surface area (Å²) in [6.07, 6.45) is -2.93. The Morgan fingerprint density at radius 2 is 1.42 bits per heavy atom. The summed E-state index contributed by atoms with van der Waals surface area (Å²) in [4.78, 5) is 128. The van der Waals surface area contributed by atoms with Crippen molar-refractivity contribution in [1.29, 1.82) is 0 Å². The lowest BCUT2D eigenvalue weighted by molar-refractivity contribution is -0.158. The number of phenolic OH excluding ortho intramolecular Hbond substituents is 1. The molecule has 20 heteroatoms. The van der Waals surface area contributed by atoms with Crippen LogP contribution >= 0.6 is 0 Å². The zero-order valence-electron chi connectivity index (χ0n) is 39.9. The van der Waals surface area contributed by atoms with Crippen molar-refractivity contribution in [1.82, 2.24) is 36.4 Å². The molecular weight excluding hydrogens is 857 g/mol. The molecule has 9 N–H and O–H groups in total. The number of hydrogen-bond acceptors (Lipinski definition) is 12. The standard InChI is InChI=1S/C46H72N8O12/c1-11-25(7)36-45(64)53(10)33(22-28-13-15-29(55)16-14-28)42(61)51-37(26(8)12-2)46(65)66-27(9)38(52-40(59)30(17-19-34(47)56)48-39(58)24(5)6)43(62)49-31(21-23(3)4)44(63)54-32(41(60)50-36)18-20-35(54)57/h13-16,23-27,30-33,35-38,55,57H,11-12,17-22H2,1-10H3,(H2,47,56)(H,48,58)(H,49,62)(H,50,60)(H,51,61)(H,52,59)/t25-,26-,27+,30-,31-,32-,33-,35?,36-,37-,38-/m0/s1. The van der Waals surface area contributed by atoms with Gasteiger partial charge in [0.1, 0.15) is 60.4 Å². The van der Waals surface area contributed by atoms with E-state index in [1.165, 1.54) is 31.0 Å². The number of nitrogens with two attached hydrogens (primary N) is 1. The van der Waals surface area contributed by atoms with Crippen molar-refractivity contribution < 1.29 is 58.1 Å². The molecule has 1 aromatic rings. The molecule has 2 aliphatic rings. The Morgan fingerprint density at radius 3 is 1.98 bits per heavy atom. The summed E-state index contributed by atoms with van der Waals surface area (Å²) < 4.78 is 5.91. The average Bonchev–Trinajstić information content (AvgIpc) is 3.65. The van der Waals surface area contributed by atoms with Gasteiger partial charge in [-0.2, -0.15) is 0 Å². The van der Waals surface area contributed by atoms with Gasteiger partial charge in [0.15, 0.2) is 0 Å².